The van der Waals surface area contributed by atoms with E-state index in [4.69, 9.17) is 18.8 Å². The normalized spacial score (nSPS) is 10.0. The van der Waals surface area contributed by atoms with Gasteiger partial charge >= 0.3 is 35.3 Å². The van der Waals surface area contributed by atoms with E-state index in [0.29, 0.717) is 0 Å². The molecule has 10 heavy (non-hydrogen) atoms. The topological polar surface area (TPSA) is 12.0 Å². The number of rotatable bonds is 2. The van der Waals surface area contributed by atoms with E-state index in [1.165, 1.54) is 0 Å². The van der Waals surface area contributed by atoms with Gasteiger partial charge in [0.15, 0.2) is 0 Å². The van der Waals surface area contributed by atoms with Gasteiger partial charge in [-0.05, 0) is 0 Å². The summed E-state index contributed by atoms with van der Waals surface area (Å²) in [6.45, 7) is 9.12. The summed E-state index contributed by atoms with van der Waals surface area (Å²) in [5, 5.41) is 0. The maximum absolute atomic E-state index is 4.88. The average Bonchev–Trinajstić information content (AvgIpc) is 1.62. The van der Waals surface area contributed by atoms with Crippen molar-refractivity contribution in [2.75, 3.05) is 26.7 Å². The first kappa shape index (κ1) is 14.6. The first-order chi connectivity index (χ1) is 4.54. The molecule has 0 aromatic carbocycles. The average molecular weight is 405 g/mol. The van der Waals surface area contributed by atoms with Crippen molar-refractivity contribution in [2.24, 2.45) is 0 Å². The molecule has 0 bridgehead atoms. The van der Waals surface area contributed by atoms with Crippen LogP contribution in [0.15, 0.2) is 0 Å². The van der Waals surface area contributed by atoms with Gasteiger partial charge in [0.25, 0.3) is 0 Å². The summed E-state index contributed by atoms with van der Waals surface area (Å²) in [4.78, 5) is 3.51. The zero-order valence-electron chi connectivity index (χ0n) is 6.57. The predicted octanol–water partition coefficient (Wildman–Crippen LogP) is 2.73. The van der Waals surface area contributed by atoms with Gasteiger partial charge in [-0.3, -0.25) is 0 Å². The molecule has 1 nitrogen and oxygen atoms in total. The van der Waals surface area contributed by atoms with Crippen molar-refractivity contribution in [2.45, 2.75) is 0 Å². The monoisotopic (exact) mass is 404 g/mol. The molecule has 0 saturated heterocycles. The van der Waals surface area contributed by atoms with Crippen molar-refractivity contribution >= 4 is 35.0 Å². The molecule has 0 saturated carbocycles. The van der Waals surface area contributed by atoms with Crippen molar-refractivity contribution in [3.05, 3.63) is 0 Å². The molecule has 0 fully saturated rings. The number of hydrogen-bond donors (Lipinski definition) is 1. The molecule has 0 heterocycles. The fourth-order valence-corrected chi connectivity index (χ4v) is 4.50. The van der Waals surface area contributed by atoms with Gasteiger partial charge in [-0.1, -0.05) is 4.86 Å². The van der Waals surface area contributed by atoms with E-state index in [9.17, 15) is 0 Å². The zero-order valence-corrected chi connectivity index (χ0v) is 12.4. The number of halogens is 2. The molecule has 0 spiro atoms. The minimum atomic E-state index is -0.472. The van der Waals surface area contributed by atoms with Crippen LogP contribution in [0.4, 0.5) is 0 Å². The van der Waals surface area contributed by atoms with E-state index in [-0.39, 0.29) is 16.1 Å². The van der Waals surface area contributed by atoms with Gasteiger partial charge < -0.3 is 0 Å². The molecule has 0 rings (SSSR count). The fourth-order valence-electron chi connectivity index (χ4n) is 0.500. The summed E-state index contributed by atoms with van der Waals surface area (Å²) in [5.74, 6) is 0. The molecule has 68 valence electrons. The van der Waals surface area contributed by atoms with Gasteiger partial charge in [-0.25, -0.2) is 0 Å². The van der Waals surface area contributed by atoms with E-state index in [1.807, 2.05) is 0 Å². The molecule has 6 heteroatoms. The van der Waals surface area contributed by atoms with Gasteiger partial charge in [0.1, 0.15) is 0 Å². The molecule has 0 aliphatic rings. The number of hydrogen-bond acceptors (Lipinski definition) is 1. The van der Waals surface area contributed by atoms with Crippen LogP contribution in [0.1, 0.15) is 0 Å². The molecular weight excluding hydrogens is 390 g/mol. The first-order valence-electron chi connectivity index (χ1n) is 2.74. The quantitative estimate of drug-likeness (QED) is 0.698. The third kappa shape index (κ3) is 22.5. The summed E-state index contributed by atoms with van der Waals surface area (Å²) < 4.78 is 0. The van der Waals surface area contributed by atoms with Crippen molar-refractivity contribution in [3.8, 4) is 0 Å². The van der Waals surface area contributed by atoms with Crippen LogP contribution in [0.25, 0.3) is 0 Å². The number of nitrogens with one attached hydrogen (secondary N) is 1. The fraction of sp³-hybridized carbons (Fsp3) is 1.00. The molecule has 0 amide bonds. The molecule has 0 radical (unpaired) electrons. The molecular formula is C4H15Cl2NP2Pt+2. The van der Waals surface area contributed by atoms with Crippen LogP contribution >= 0.6 is 35.0 Å². The maximum atomic E-state index is 4.88. The molecule has 0 aromatic rings. The van der Waals surface area contributed by atoms with Crippen molar-refractivity contribution in [1.29, 1.82) is 0 Å². The Labute approximate surface area is 82.6 Å². The molecule has 0 aliphatic carbocycles. The van der Waals surface area contributed by atoms with E-state index in [1.54, 1.807) is 0 Å². The second-order valence-corrected chi connectivity index (χ2v) is 10.5. The SMILES string of the molecule is C[PH+](C)N[PH+](C)C.[Cl][Pt][Cl]. The Morgan fingerprint density at radius 3 is 1.20 bits per heavy atom. The Bertz CT molecular complexity index is 59.2. The zero-order chi connectivity index (χ0) is 8.57. The molecule has 1 N–H and O–H groups in total. The van der Waals surface area contributed by atoms with Crippen LogP contribution in [0.2, 0.25) is 0 Å². The summed E-state index contributed by atoms with van der Waals surface area (Å²) in [6.07, 6.45) is 0. The van der Waals surface area contributed by atoms with Crippen LogP contribution in [-0.2, 0) is 16.5 Å². The van der Waals surface area contributed by atoms with E-state index in [2.05, 4.69) is 31.5 Å². The third-order valence-corrected chi connectivity index (χ3v) is 4.50. The summed E-state index contributed by atoms with van der Waals surface area (Å²) >= 11 is -0.472. The molecule has 0 aliphatic heterocycles. The first-order valence-corrected chi connectivity index (χ1v) is 13.4. The van der Waals surface area contributed by atoms with Gasteiger partial charge in [-0.2, -0.15) is 0 Å². The Kier molecular flexibility index (Phi) is 16.2. The Hall–Kier alpha value is 2.09. The van der Waals surface area contributed by atoms with Gasteiger partial charge in [0.2, 0.25) is 0 Å². The van der Waals surface area contributed by atoms with Crippen LogP contribution in [-0.4, -0.2) is 26.7 Å². The Balaban J connectivity index is 0. The Morgan fingerprint density at radius 2 is 1.20 bits per heavy atom. The summed E-state index contributed by atoms with van der Waals surface area (Å²) in [6, 6.07) is 0. The molecule has 0 aromatic heterocycles. The second kappa shape index (κ2) is 11.1. The van der Waals surface area contributed by atoms with Crippen molar-refractivity contribution < 1.29 is 16.5 Å². The van der Waals surface area contributed by atoms with Crippen LogP contribution in [0.3, 0.4) is 0 Å². The van der Waals surface area contributed by atoms with Gasteiger partial charge in [0.05, 0.1) is 42.8 Å². The van der Waals surface area contributed by atoms with Crippen molar-refractivity contribution in [1.82, 2.24) is 4.86 Å². The minimum absolute atomic E-state index is 0.139. The summed E-state index contributed by atoms with van der Waals surface area (Å²) in [5.41, 5.74) is 0. The molecule has 0 unspecified atom stereocenters. The summed E-state index contributed by atoms with van der Waals surface area (Å²) in [7, 11) is 9.47. The van der Waals surface area contributed by atoms with Gasteiger partial charge in [0, 0.05) is 0 Å². The standard InChI is InChI=1S/C4H13NP2.2ClH.Pt/c1-6(2)5-7(3)4;;;/h5H,1-4H3;2*1H;/q;;;+2. The van der Waals surface area contributed by atoms with E-state index < -0.39 is 16.5 Å². The predicted molar refractivity (Wildman–Crippen MR) is 55.2 cm³/mol. The second-order valence-electron chi connectivity index (χ2n) is 2.17. The van der Waals surface area contributed by atoms with Gasteiger partial charge in [-0.15, -0.1) is 0 Å². The van der Waals surface area contributed by atoms with Crippen LogP contribution in [0.5, 0.6) is 0 Å². The molecule has 0 atom stereocenters. The van der Waals surface area contributed by atoms with Crippen molar-refractivity contribution in [3.63, 3.8) is 0 Å². The van der Waals surface area contributed by atoms with E-state index in [0.717, 1.165) is 0 Å². The van der Waals surface area contributed by atoms with Crippen LogP contribution < -0.4 is 4.86 Å². The van der Waals surface area contributed by atoms with E-state index >= 15 is 0 Å². The Morgan fingerprint density at radius 1 is 1.00 bits per heavy atom. The third-order valence-electron chi connectivity index (χ3n) is 0.500. The van der Waals surface area contributed by atoms with Crippen LogP contribution in [0, 0.1) is 0 Å².